The first-order chi connectivity index (χ1) is 9.49. The van der Waals surface area contributed by atoms with Crippen LogP contribution in [0.3, 0.4) is 0 Å². The Balaban J connectivity index is 3.07. The van der Waals surface area contributed by atoms with Crippen LogP contribution in [0.5, 0.6) is 5.75 Å². The smallest absolute Gasteiger partial charge is 0.340 e. The average Bonchev–Trinajstić information content (AvgIpc) is 2.39. The fourth-order valence-electron chi connectivity index (χ4n) is 1.70. The van der Waals surface area contributed by atoms with Gasteiger partial charge in [0.1, 0.15) is 0 Å². The summed E-state index contributed by atoms with van der Waals surface area (Å²) >= 11 is 0. The summed E-state index contributed by atoms with van der Waals surface area (Å²) in [7, 11) is 1.29. The van der Waals surface area contributed by atoms with Crippen LogP contribution in [0.2, 0.25) is 0 Å². The van der Waals surface area contributed by atoms with E-state index >= 15 is 0 Å². The van der Waals surface area contributed by atoms with Crippen molar-refractivity contribution in [2.45, 2.75) is 39.7 Å². The van der Waals surface area contributed by atoms with Crippen LogP contribution in [0.15, 0.2) is 12.1 Å². The van der Waals surface area contributed by atoms with Crippen molar-refractivity contribution >= 4 is 11.7 Å². The molecule has 1 aromatic rings. The summed E-state index contributed by atoms with van der Waals surface area (Å²) in [5, 5.41) is 3.03. The van der Waals surface area contributed by atoms with Crippen molar-refractivity contribution in [2.24, 2.45) is 0 Å². The number of carbonyl (C=O) groups is 1. The number of anilines is 1. The Morgan fingerprint density at radius 1 is 1.40 bits per heavy atom. The first-order valence-corrected chi connectivity index (χ1v) is 6.80. The molecule has 1 N–H and O–H groups in total. The van der Waals surface area contributed by atoms with E-state index in [1.54, 1.807) is 0 Å². The minimum absolute atomic E-state index is 0.0738. The second kappa shape index (κ2) is 7.72. The molecule has 112 valence electrons. The first-order valence-electron chi connectivity index (χ1n) is 6.80. The van der Waals surface area contributed by atoms with E-state index in [1.165, 1.54) is 19.2 Å². The standard InChI is InChI=1S/C15H22FNO3/c1-5-6-7-20-14-8-11(15(18)19-4)13(9-12(14)16)17-10(2)3/h8-10,17H,5-7H2,1-4H3. The lowest BCUT2D eigenvalue weighted by molar-refractivity contribution is 0.0601. The number of ether oxygens (including phenoxy) is 2. The van der Waals surface area contributed by atoms with Crippen LogP contribution in [0.25, 0.3) is 0 Å². The molecule has 0 aromatic heterocycles. The predicted octanol–water partition coefficient (Wildman–Crippen LogP) is 3.61. The molecule has 0 radical (unpaired) electrons. The van der Waals surface area contributed by atoms with Crippen molar-refractivity contribution < 1.29 is 18.7 Å². The van der Waals surface area contributed by atoms with Gasteiger partial charge in [0.25, 0.3) is 0 Å². The van der Waals surface area contributed by atoms with Gasteiger partial charge in [0, 0.05) is 12.1 Å². The van der Waals surface area contributed by atoms with E-state index in [-0.39, 0.29) is 17.4 Å². The topological polar surface area (TPSA) is 47.6 Å². The second-order valence-electron chi connectivity index (χ2n) is 4.82. The molecule has 1 aromatic carbocycles. The van der Waals surface area contributed by atoms with E-state index in [1.807, 2.05) is 20.8 Å². The minimum atomic E-state index is -0.520. The van der Waals surface area contributed by atoms with E-state index in [9.17, 15) is 9.18 Å². The lowest BCUT2D eigenvalue weighted by Crippen LogP contribution is -2.15. The van der Waals surface area contributed by atoms with Gasteiger partial charge in [-0.25, -0.2) is 9.18 Å². The summed E-state index contributed by atoms with van der Waals surface area (Å²) in [5.41, 5.74) is 0.682. The molecule has 0 aliphatic rings. The number of benzene rings is 1. The van der Waals surface area contributed by atoms with E-state index in [4.69, 9.17) is 9.47 Å². The maximum atomic E-state index is 14.0. The van der Waals surface area contributed by atoms with Gasteiger partial charge in [-0.15, -0.1) is 0 Å². The number of nitrogens with one attached hydrogen (secondary N) is 1. The third-order valence-corrected chi connectivity index (χ3v) is 2.68. The molecule has 0 bridgehead atoms. The molecule has 0 atom stereocenters. The average molecular weight is 283 g/mol. The number of hydrogen-bond acceptors (Lipinski definition) is 4. The molecule has 4 nitrogen and oxygen atoms in total. The Bertz CT molecular complexity index is 461. The monoisotopic (exact) mass is 283 g/mol. The molecule has 0 heterocycles. The van der Waals surface area contributed by atoms with Gasteiger partial charge in [-0.2, -0.15) is 0 Å². The molecule has 0 saturated heterocycles. The van der Waals surface area contributed by atoms with Crippen molar-refractivity contribution in [3.8, 4) is 5.75 Å². The number of esters is 1. The highest BCUT2D eigenvalue weighted by Crippen LogP contribution is 2.27. The van der Waals surface area contributed by atoms with Crippen LogP contribution in [0.4, 0.5) is 10.1 Å². The Morgan fingerprint density at radius 2 is 2.10 bits per heavy atom. The third-order valence-electron chi connectivity index (χ3n) is 2.68. The first kappa shape index (κ1) is 16.3. The third kappa shape index (κ3) is 4.40. The number of methoxy groups -OCH3 is 1. The number of unbranched alkanes of at least 4 members (excludes halogenated alkanes) is 1. The lowest BCUT2D eigenvalue weighted by atomic mass is 10.1. The maximum absolute atomic E-state index is 14.0. The second-order valence-corrected chi connectivity index (χ2v) is 4.82. The Kier molecular flexibility index (Phi) is 6.28. The molecule has 0 aliphatic heterocycles. The SMILES string of the molecule is CCCCOc1cc(C(=O)OC)c(NC(C)C)cc1F. The zero-order valence-electron chi connectivity index (χ0n) is 12.5. The normalized spacial score (nSPS) is 10.5. The highest BCUT2D eigenvalue weighted by atomic mass is 19.1. The van der Waals surface area contributed by atoms with Crippen LogP contribution in [0, 0.1) is 5.82 Å². The summed E-state index contributed by atoms with van der Waals surface area (Å²) in [6.45, 7) is 6.26. The van der Waals surface area contributed by atoms with E-state index in [0.29, 0.717) is 12.3 Å². The molecule has 0 spiro atoms. The molecule has 0 aliphatic carbocycles. The Hall–Kier alpha value is -1.78. The fraction of sp³-hybridized carbons (Fsp3) is 0.533. The number of rotatable bonds is 7. The van der Waals surface area contributed by atoms with Gasteiger partial charge in [-0.05, 0) is 26.3 Å². The quantitative estimate of drug-likeness (QED) is 0.613. The minimum Gasteiger partial charge on any atom is -0.490 e. The van der Waals surface area contributed by atoms with Gasteiger partial charge in [-0.3, -0.25) is 0 Å². The highest BCUT2D eigenvalue weighted by molar-refractivity contribution is 5.96. The zero-order chi connectivity index (χ0) is 15.1. The lowest BCUT2D eigenvalue weighted by Gasteiger charge is -2.16. The van der Waals surface area contributed by atoms with E-state index < -0.39 is 11.8 Å². The fourth-order valence-corrected chi connectivity index (χ4v) is 1.70. The predicted molar refractivity (Wildman–Crippen MR) is 76.9 cm³/mol. The molecule has 0 unspecified atom stereocenters. The molecular weight excluding hydrogens is 261 g/mol. The van der Waals surface area contributed by atoms with Gasteiger partial charge in [0.15, 0.2) is 11.6 Å². The largest absolute Gasteiger partial charge is 0.490 e. The van der Waals surface area contributed by atoms with Crippen molar-refractivity contribution in [1.29, 1.82) is 0 Å². The summed E-state index contributed by atoms with van der Waals surface area (Å²) in [5.74, 6) is -0.932. The molecule has 0 saturated carbocycles. The highest BCUT2D eigenvalue weighted by Gasteiger charge is 2.17. The van der Waals surface area contributed by atoms with E-state index in [2.05, 4.69) is 5.32 Å². The zero-order valence-corrected chi connectivity index (χ0v) is 12.5. The van der Waals surface area contributed by atoms with Crippen LogP contribution in [-0.4, -0.2) is 25.7 Å². The summed E-state index contributed by atoms with van der Waals surface area (Å²) in [6.07, 6.45) is 1.79. The number of carbonyl (C=O) groups excluding carboxylic acids is 1. The summed E-state index contributed by atoms with van der Waals surface area (Å²) in [4.78, 5) is 11.8. The summed E-state index contributed by atoms with van der Waals surface area (Å²) < 4.78 is 24.0. The molecule has 1 rings (SSSR count). The molecular formula is C15H22FNO3. The van der Waals surface area contributed by atoms with Crippen molar-refractivity contribution in [3.05, 3.63) is 23.5 Å². The van der Waals surface area contributed by atoms with Gasteiger partial charge >= 0.3 is 5.97 Å². The maximum Gasteiger partial charge on any atom is 0.340 e. The Morgan fingerprint density at radius 3 is 2.65 bits per heavy atom. The molecule has 5 heteroatoms. The van der Waals surface area contributed by atoms with Crippen LogP contribution < -0.4 is 10.1 Å². The van der Waals surface area contributed by atoms with Crippen LogP contribution in [0.1, 0.15) is 44.0 Å². The molecule has 20 heavy (non-hydrogen) atoms. The number of halogens is 1. The molecule has 0 fully saturated rings. The van der Waals surface area contributed by atoms with Gasteiger partial charge < -0.3 is 14.8 Å². The van der Waals surface area contributed by atoms with Gasteiger partial charge in [0.2, 0.25) is 0 Å². The van der Waals surface area contributed by atoms with Gasteiger partial charge in [0.05, 0.1) is 25.0 Å². The number of hydrogen-bond donors (Lipinski definition) is 1. The van der Waals surface area contributed by atoms with Gasteiger partial charge in [-0.1, -0.05) is 13.3 Å². The van der Waals surface area contributed by atoms with Crippen molar-refractivity contribution in [3.63, 3.8) is 0 Å². The van der Waals surface area contributed by atoms with Crippen molar-refractivity contribution in [2.75, 3.05) is 19.0 Å². The summed E-state index contributed by atoms with van der Waals surface area (Å²) in [6, 6.07) is 2.74. The van der Waals surface area contributed by atoms with E-state index in [0.717, 1.165) is 12.8 Å². The Labute approximate surface area is 119 Å². The van der Waals surface area contributed by atoms with Crippen LogP contribution in [-0.2, 0) is 4.74 Å². The molecule has 0 amide bonds. The van der Waals surface area contributed by atoms with Crippen LogP contribution >= 0.6 is 0 Å². The van der Waals surface area contributed by atoms with Crippen molar-refractivity contribution in [1.82, 2.24) is 0 Å².